The normalized spacial score (nSPS) is 10.8. The van der Waals surface area contributed by atoms with Gasteiger partial charge in [0.15, 0.2) is 0 Å². The van der Waals surface area contributed by atoms with Crippen molar-refractivity contribution in [3.63, 3.8) is 0 Å². The Labute approximate surface area is 77.0 Å². The van der Waals surface area contributed by atoms with E-state index in [1.54, 1.807) is 0 Å². The average Bonchev–Trinajstić information content (AvgIpc) is 2.07. The molecule has 0 amide bonds. The summed E-state index contributed by atoms with van der Waals surface area (Å²) in [4.78, 5) is 12.8. The van der Waals surface area contributed by atoms with Crippen LogP contribution in [0.2, 0.25) is 0 Å². The minimum atomic E-state index is -2.91. The SMILES string of the molecule is O=c1[nH]c(C(F)F)c(O)cc1CCl. The zero-order valence-electron chi connectivity index (χ0n) is 6.35. The molecule has 0 radical (unpaired) electrons. The van der Waals surface area contributed by atoms with Gasteiger partial charge < -0.3 is 10.1 Å². The predicted molar refractivity (Wildman–Crippen MR) is 43.2 cm³/mol. The number of hydrogen-bond donors (Lipinski definition) is 2. The Morgan fingerprint density at radius 3 is 2.69 bits per heavy atom. The molecule has 2 N–H and O–H groups in total. The molecule has 3 nitrogen and oxygen atoms in total. The van der Waals surface area contributed by atoms with Crippen molar-refractivity contribution in [2.24, 2.45) is 0 Å². The van der Waals surface area contributed by atoms with Crippen molar-refractivity contribution >= 4 is 11.6 Å². The highest BCUT2D eigenvalue weighted by atomic mass is 35.5. The van der Waals surface area contributed by atoms with Gasteiger partial charge in [-0.3, -0.25) is 4.79 Å². The first kappa shape index (κ1) is 9.98. The maximum Gasteiger partial charge on any atom is 0.281 e. The molecule has 0 spiro atoms. The Bertz CT molecular complexity index is 364. The van der Waals surface area contributed by atoms with Crippen LogP contribution >= 0.6 is 11.6 Å². The third-order valence-electron chi connectivity index (χ3n) is 1.49. The largest absolute Gasteiger partial charge is 0.506 e. The van der Waals surface area contributed by atoms with Crippen LogP contribution in [-0.2, 0) is 5.88 Å². The first-order valence-corrected chi connectivity index (χ1v) is 3.89. The molecular weight excluding hydrogens is 204 g/mol. The average molecular weight is 210 g/mol. The summed E-state index contributed by atoms with van der Waals surface area (Å²) in [5, 5.41) is 9.01. The molecule has 0 fully saturated rings. The van der Waals surface area contributed by atoms with Gasteiger partial charge in [0.1, 0.15) is 11.4 Å². The minimum Gasteiger partial charge on any atom is -0.506 e. The summed E-state index contributed by atoms with van der Waals surface area (Å²) in [6.07, 6.45) is -2.91. The van der Waals surface area contributed by atoms with E-state index in [0.717, 1.165) is 6.07 Å². The molecule has 0 bridgehead atoms. The predicted octanol–water partition coefficient (Wildman–Crippen LogP) is 1.76. The third-order valence-corrected chi connectivity index (χ3v) is 1.78. The molecule has 0 aliphatic carbocycles. The Kier molecular flexibility index (Phi) is 2.87. The van der Waals surface area contributed by atoms with Crippen LogP contribution < -0.4 is 5.56 Å². The summed E-state index contributed by atoms with van der Waals surface area (Å²) in [6.45, 7) is 0. The van der Waals surface area contributed by atoms with Gasteiger partial charge >= 0.3 is 0 Å². The smallest absolute Gasteiger partial charge is 0.281 e. The van der Waals surface area contributed by atoms with Crippen LogP contribution in [0, 0.1) is 0 Å². The van der Waals surface area contributed by atoms with Crippen molar-refractivity contribution in [1.29, 1.82) is 0 Å². The lowest BCUT2D eigenvalue weighted by Crippen LogP contribution is -2.13. The zero-order valence-corrected chi connectivity index (χ0v) is 7.11. The van der Waals surface area contributed by atoms with Gasteiger partial charge in [0.2, 0.25) is 0 Å². The summed E-state index contributed by atoms with van der Waals surface area (Å²) in [5.74, 6) is -0.780. The monoisotopic (exact) mass is 209 g/mol. The van der Waals surface area contributed by atoms with E-state index in [2.05, 4.69) is 0 Å². The van der Waals surface area contributed by atoms with Crippen molar-refractivity contribution in [2.75, 3.05) is 0 Å². The number of pyridine rings is 1. The summed E-state index contributed by atoms with van der Waals surface area (Å²) >= 11 is 5.32. The number of aromatic hydroxyl groups is 1. The van der Waals surface area contributed by atoms with Crippen molar-refractivity contribution in [2.45, 2.75) is 12.3 Å². The molecule has 1 heterocycles. The van der Waals surface area contributed by atoms with Gasteiger partial charge in [-0.2, -0.15) is 0 Å². The van der Waals surface area contributed by atoms with Gasteiger partial charge in [-0.1, -0.05) is 0 Å². The van der Waals surface area contributed by atoms with Gasteiger partial charge in [0.05, 0.1) is 5.88 Å². The lowest BCUT2D eigenvalue weighted by Gasteiger charge is -2.03. The van der Waals surface area contributed by atoms with Gasteiger partial charge in [-0.05, 0) is 6.07 Å². The molecule has 0 aromatic carbocycles. The summed E-state index contributed by atoms with van der Waals surface area (Å²) in [7, 11) is 0. The standard InChI is InChI=1S/C7H6ClF2NO2/c8-2-3-1-4(12)5(6(9)10)11-7(3)13/h1,6,12H,2H2,(H,11,13). The van der Waals surface area contributed by atoms with Crippen LogP contribution in [0.5, 0.6) is 5.75 Å². The highest BCUT2D eigenvalue weighted by Gasteiger charge is 2.15. The van der Waals surface area contributed by atoms with Crippen LogP contribution in [0.1, 0.15) is 17.7 Å². The molecule has 6 heteroatoms. The molecule has 1 aromatic rings. The Morgan fingerprint density at radius 1 is 1.62 bits per heavy atom. The molecular formula is C7H6ClF2NO2. The first-order chi connectivity index (χ1) is 6.06. The van der Waals surface area contributed by atoms with Gasteiger partial charge in [-0.25, -0.2) is 8.78 Å². The topological polar surface area (TPSA) is 53.1 Å². The van der Waals surface area contributed by atoms with Crippen LogP contribution in [0.15, 0.2) is 10.9 Å². The number of H-pyrrole nitrogens is 1. The molecule has 0 aliphatic heterocycles. The molecule has 0 saturated carbocycles. The van der Waals surface area contributed by atoms with Crippen molar-refractivity contribution in [3.05, 3.63) is 27.7 Å². The summed E-state index contributed by atoms with van der Waals surface area (Å²) in [5.41, 5.74) is -1.43. The van der Waals surface area contributed by atoms with Crippen molar-refractivity contribution in [1.82, 2.24) is 4.98 Å². The quantitative estimate of drug-likeness (QED) is 0.730. The maximum atomic E-state index is 12.1. The Morgan fingerprint density at radius 2 is 2.23 bits per heavy atom. The number of aromatic nitrogens is 1. The van der Waals surface area contributed by atoms with Gasteiger partial charge in [0.25, 0.3) is 12.0 Å². The molecule has 72 valence electrons. The lowest BCUT2D eigenvalue weighted by atomic mass is 10.2. The third kappa shape index (κ3) is 1.98. The molecule has 0 aliphatic rings. The second kappa shape index (κ2) is 3.74. The van der Waals surface area contributed by atoms with E-state index < -0.39 is 23.4 Å². The number of alkyl halides is 3. The zero-order chi connectivity index (χ0) is 10.0. The fourth-order valence-corrected chi connectivity index (χ4v) is 1.04. The molecule has 1 rings (SSSR count). The van der Waals surface area contributed by atoms with E-state index in [4.69, 9.17) is 16.7 Å². The van der Waals surface area contributed by atoms with E-state index >= 15 is 0 Å². The Balaban J connectivity index is 3.29. The van der Waals surface area contributed by atoms with Crippen molar-refractivity contribution < 1.29 is 13.9 Å². The van der Waals surface area contributed by atoms with Crippen LogP contribution in [-0.4, -0.2) is 10.1 Å². The number of hydrogen-bond acceptors (Lipinski definition) is 2. The van der Waals surface area contributed by atoms with E-state index in [0.29, 0.717) is 0 Å². The fraction of sp³-hybridized carbons (Fsp3) is 0.286. The second-order valence-corrected chi connectivity index (χ2v) is 2.62. The van der Waals surface area contributed by atoms with Gasteiger partial charge in [-0.15, -0.1) is 11.6 Å². The van der Waals surface area contributed by atoms with Crippen LogP contribution in [0.3, 0.4) is 0 Å². The van der Waals surface area contributed by atoms with E-state index in [1.807, 2.05) is 4.98 Å². The summed E-state index contributed by atoms with van der Waals surface area (Å²) < 4.78 is 24.2. The summed E-state index contributed by atoms with van der Waals surface area (Å²) in [6, 6.07) is 0.938. The van der Waals surface area contributed by atoms with Crippen LogP contribution in [0.4, 0.5) is 8.78 Å². The molecule has 13 heavy (non-hydrogen) atoms. The minimum absolute atomic E-state index is 0.0589. The maximum absolute atomic E-state index is 12.1. The van der Waals surface area contributed by atoms with E-state index in [9.17, 15) is 13.6 Å². The first-order valence-electron chi connectivity index (χ1n) is 3.35. The highest BCUT2D eigenvalue weighted by molar-refractivity contribution is 6.17. The number of rotatable bonds is 2. The number of nitrogens with one attached hydrogen (secondary N) is 1. The second-order valence-electron chi connectivity index (χ2n) is 2.36. The fourth-order valence-electron chi connectivity index (χ4n) is 0.841. The molecule has 0 atom stereocenters. The van der Waals surface area contributed by atoms with E-state index in [1.165, 1.54) is 0 Å². The number of halogens is 3. The van der Waals surface area contributed by atoms with Crippen molar-refractivity contribution in [3.8, 4) is 5.75 Å². The number of aromatic amines is 1. The molecule has 1 aromatic heterocycles. The van der Waals surface area contributed by atoms with E-state index in [-0.39, 0.29) is 11.4 Å². The molecule has 0 unspecified atom stereocenters. The Hall–Kier alpha value is -1.10. The molecule has 0 saturated heterocycles. The lowest BCUT2D eigenvalue weighted by molar-refractivity contribution is 0.141. The highest BCUT2D eigenvalue weighted by Crippen LogP contribution is 2.24. The van der Waals surface area contributed by atoms with Crippen LogP contribution in [0.25, 0.3) is 0 Å². The van der Waals surface area contributed by atoms with Gasteiger partial charge in [0, 0.05) is 5.56 Å².